The molecule has 4 nitrogen and oxygen atoms in total. The van der Waals surface area contributed by atoms with Gasteiger partial charge < -0.3 is 10.2 Å². The molecule has 20 heavy (non-hydrogen) atoms. The van der Waals surface area contributed by atoms with Gasteiger partial charge in [-0.05, 0) is 37.8 Å². The fourth-order valence-electron chi connectivity index (χ4n) is 2.94. The molecule has 4 heteroatoms. The third kappa shape index (κ3) is 3.57. The van der Waals surface area contributed by atoms with Gasteiger partial charge in [-0.1, -0.05) is 18.9 Å². The van der Waals surface area contributed by atoms with Crippen molar-refractivity contribution in [2.45, 2.75) is 57.2 Å². The van der Waals surface area contributed by atoms with E-state index in [9.17, 15) is 4.79 Å². The molecule has 1 aromatic rings. The molecule has 0 saturated heterocycles. The molecular weight excluding hydrogens is 250 g/mol. The lowest BCUT2D eigenvalue weighted by Gasteiger charge is -2.23. The SMILES string of the molecule is O=C(CNC1CCCC1)N(Cc1ccccn1)C1CC1. The Morgan fingerprint density at radius 3 is 2.70 bits per heavy atom. The molecular formula is C16H23N3O. The van der Waals surface area contributed by atoms with Gasteiger partial charge in [-0.3, -0.25) is 9.78 Å². The van der Waals surface area contributed by atoms with E-state index in [1.165, 1.54) is 25.7 Å². The van der Waals surface area contributed by atoms with Crippen molar-refractivity contribution in [3.63, 3.8) is 0 Å². The molecule has 1 heterocycles. The van der Waals surface area contributed by atoms with Crippen molar-refractivity contribution in [2.75, 3.05) is 6.54 Å². The number of nitrogens with one attached hydrogen (secondary N) is 1. The predicted molar refractivity (Wildman–Crippen MR) is 78.1 cm³/mol. The van der Waals surface area contributed by atoms with E-state index in [1.54, 1.807) is 6.20 Å². The normalized spacial score (nSPS) is 19.2. The third-order valence-electron chi connectivity index (χ3n) is 4.26. The molecule has 1 aromatic heterocycles. The van der Waals surface area contributed by atoms with Crippen molar-refractivity contribution >= 4 is 5.91 Å². The highest BCUT2D eigenvalue weighted by molar-refractivity contribution is 5.79. The fraction of sp³-hybridized carbons (Fsp3) is 0.625. The monoisotopic (exact) mass is 273 g/mol. The zero-order chi connectivity index (χ0) is 13.8. The van der Waals surface area contributed by atoms with Crippen LogP contribution in [0.15, 0.2) is 24.4 Å². The van der Waals surface area contributed by atoms with E-state index < -0.39 is 0 Å². The molecule has 3 rings (SSSR count). The number of pyridine rings is 1. The smallest absolute Gasteiger partial charge is 0.237 e. The van der Waals surface area contributed by atoms with Gasteiger partial charge in [0.15, 0.2) is 0 Å². The zero-order valence-corrected chi connectivity index (χ0v) is 11.9. The van der Waals surface area contributed by atoms with Gasteiger partial charge in [0.1, 0.15) is 0 Å². The molecule has 0 radical (unpaired) electrons. The first kappa shape index (κ1) is 13.6. The Labute approximate surface area is 120 Å². The highest BCUT2D eigenvalue weighted by Crippen LogP contribution is 2.28. The molecule has 2 fully saturated rings. The van der Waals surface area contributed by atoms with E-state index in [4.69, 9.17) is 0 Å². The summed E-state index contributed by atoms with van der Waals surface area (Å²) in [6.07, 6.45) is 9.11. The zero-order valence-electron chi connectivity index (χ0n) is 11.9. The van der Waals surface area contributed by atoms with E-state index >= 15 is 0 Å². The minimum atomic E-state index is 0.227. The van der Waals surface area contributed by atoms with Crippen LogP contribution in [0.2, 0.25) is 0 Å². The first-order chi connectivity index (χ1) is 9.83. The number of carbonyl (C=O) groups is 1. The van der Waals surface area contributed by atoms with E-state index in [0.717, 1.165) is 18.5 Å². The summed E-state index contributed by atoms with van der Waals surface area (Å²) in [7, 11) is 0. The number of nitrogens with zero attached hydrogens (tertiary/aromatic N) is 2. The number of amides is 1. The Hall–Kier alpha value is -1.42. The Morgan fingerprint density at radius 1 is 1.25 bits per heavy atom. The van der Waals surface area contributed by atoms with Gasteiger partial charge in [0.2, 0.25) is 5.91 Å². The van der Waals surface area contributed by atoms with Crippen molar-refractivity contribution in [2.24, 2.45) is 0 Å². The Morgan fingerprint density at radius 2 is 2.05 bits per heavy atom. The van der Waals surface area contributed by atoms with Gasteiger partial charge in [-0.25, -0.2) is 0 Å². The van der Waals surface area contributed by atoms with Crippen LogP contribution in [0, 0.1) is 0 Å². The molecule has 1 amide bonds. The highest BCUT2D eigenvalue weighted by Gasteiger charge is 2.32. The van der Waals surface area contributed by atoms with Crippen LogP contribution in [-0.2, 0) is 11.3 Å². The molecule has 0 unspecified atom stereocenters. The summed E-state index contributed by atoms with van der Waals surface area (Å²) in [5, 5.41) is 3.42. The number of rotatable bonds is 6. The molecule has 0 aromatic carbocycles. The van der Waals surface area contributed by atoms with Crippen molar-refractivity contribution in [3.8, 4) is 0 Å². The minimum Gasteiger partial charge on any atom is -0.333 e. The van der Waals surface area contributed by atoms with Gasteiger partial charge in [-0.2, -0.15) is 0 Å². The standard InChI is InChI=1S/C16H23N3O/c20-16(11-18-13-5-1-2-6-13)19(15-8-9-15)12-14-7-3-4-10-17-14/h3-4,7,10,13,15,18H,1-2,5-6,8-9,11-12H2. The lowest BCUT2D eigenvalue weighted by molar-refractivity contribution is -0.131. The van der Waals surface area contributed by atoms with E-state index in [1.807, 2.05) is 23.1 Å². The first-order valence-electron chi connectivity index (χ1n) is 7.75. The number of aromatic nitrogens is 1. The molecule has 0 spiro atoms. The van der Waals surface area contributed by atoms with Crippen LogP contribution in [0.3, 0.4) is 0 Å². The van der Waals surface area contributed by atoms with E-state index in [0.29, 0.717) is 25.2 Å². The Bertz CT molecular complexity index is 438. The second-order valence-electron chi connectivity index (χ2n) is 5.94. The average molecular weight is 273 g/mol. The fourth-order valence-corrected chi connectivity index (χ4v) is 2.94. The maximum atomic E-state index is 12.4. The third-order valence-corrected chi connectivity index (χ3v) is 4.26. The lowest BCUT2D eigenvalue weighted by Crippen LogP contribution is -2.41. The maximum absolute atomic E-state index is 12.4. The van der Waals surface area contributed by atoms with Crippen LogP contribution < -0.4 is 5.32 Å². The quantitative estimate of drug-likeness (QED) is 0.863. The average Bonchev–Trinajstić information content (AvgIpc) is 3.19. The van der Waals surface area contributed by atoms with Crippen LogP contribution in [0.1, 0.15) is 44.2 Å². The van der Waals surface area contributed by atoms with Crippen LogP contribution in [0.25, 0.3) is 0 Å². The first-order valence-corrected chi connectivity index (χ1v) is 7.75. The molecule has 0 atom stereocenters. The van der Waals surface area contributed by atoms with Crippen molar-refractivity contribution in [1.29, 1.82) is 0 Å². The minimum absolute atomic E-state index is 0.227. The van der Waals surface area contributed by atoms with Crippen LogP contribution in [0.4, 0.5) is 0 Å². The Kier molecular flexibility index (Phi) is 4.31. The van der Waals surface area contributed by atoms with Gasteiger partial charge in [0, 0.05) is 18.3 Å². The second kappa shape index (κ2) is 6.35. The summed E-state index contributed by atoms with van der Waals surface area (Å²) < 4.78 is 0. The molecule has 2 aliphatic rings. The summed E-state index contributed by atoms with van der Waals surface area (Å²) in [6.45, 7) is 1.13. The summed E-state index contributed by atoms with van der Waals surface area (Å²) in [4.78, 5) is 18.8. The largest absolute Gasteiger partial charge is 0.333 e. The second-order valence-corrected chi connectivity index (χ2v) is 5.94. The van der Waals surface area contributed by atoms with Gasteiger partial charge in [0.05, 0.1) is 18.8 Å². The molecule has 0 aliphatic heterocycles. The lowest BCUT2D eigenvalue weighted by atomic mass is 10.2. The molecule has 2 saturated carbocycles. The summed E-state index contributed by atoms with van der Waals surface area (Å²) in [5.74, 6) is 0.227. The summed E-state index contributed by atoms with van der Waals surface area (Å²) in [5.41, 5.74) is 0.980. The van der Waals surface area contributed by atoms with Gasteiger partial charge >= 0.3 is 0 Å². The van der Waals surface area contributed by atoms with E-state index in [-0.39, 0.29) is 5.91 Å². The van der Waals surface area contributed by atoms with Crippen molar-refractivity contribution < 1.29 is 4.79 Å². The highest BCUT2D eigenvalue weighted by atomic mass is 16.2. The topological polar surface area (TPSA) is 45.2 Å². The van der Waals surface area contributed by atoms with Gasteiger partial charge in [-0.15, -0.1) is 0 Å². The molecule has 0 bridgehead atoms. The number of hydrogen-bond acceptors (Lipinski definition) is 3. The van der Waals surface area contributed by atoms with Crippen LogP contribution in [0.5, 0.6) is 0 Å². The number of carbonyl (C=O) groups excluding carboxylic acids is 1. The summed E-state index contributed by atoms with van der Waals surface area (Å²) >= 11 is 0. The van der Waals surface area contributed by atoms with Crippen molar-refractivity contribution in [3.05, 3.63) is 30.1 Å². The maximum Gasteiger partial charge on any atom is 0.237 e. The van der Waals surface area contributed by atoms with Gasteiger partial charge in [0.25, 0.3) is 0 Å². The van der Waals surface area contributed by atoms with Crippen LogP contribution in [-0.4, -0.2) is 34.4 Å². The van der Waals surface area contributed by atoms with E-state index in [2.05, 4.69) is 10.3 Å². The van der Waals surface area contributed by atoms with Crippen molar-refractivity contribution in [1.82, 2.24) is 15.2 Å². The molecule has 2 aliphatic carbocycles. The number of hydrogen-bond donors (Lipinski definition) is 1. The van der Waals surface area contributed by atoms with Crippen LogP contribution >= 0.6 is 0 Å². The summed E-state index contributed by atoms with van der Waals surface area (Å²) in [6, 6.07) is 6.88. The molecule has 1 N–H and O–H groups in total. The Balaban J connectivity index is 1.54. The molecule has 108 valence electrons. The predicted octanol–water partition coefficient (Wildman–Crippen LogP) is 2.10.